The van der Waals surface area contributed by atoms with E-state index in [1.165, 1.54) is 12.1 Å². The average Bonchev–Trinajstić information content (AvgIpc) is 2.39. The molecule has 0 bridgehead atoms. The second-order valence-electron chi connectivity index (χ2n) is 4.08. The number of nitrogens with one attached hydrogen (secondary N) is 1. The molecule has 0 saturated carbocycles. The van der Waals surface area contributed by atoms with Crippen LogP contribution in [-0.2, 0) is 13.0 Å². The first-order chi connectivity index (χ1) is 8.34. The summed E-state index contributed by atoms with van der Waals surface area (Å²) in [6, 6.07) is 6.43. The first-order valence-electron chi connectivity index (χ1n) is 5.64. The Bertz CT molecular complexity index is 537. The molecule has 17 heavy (non-hydrogen) atoms. The molecule has 0 spiro atoms. The van der Waals surface area contributed by atoms with Crippen molar-refractivity contribution in [2.24, 2.45) is 0 Å². The van der Waals surface area contributed by atoms with Crippen molar-refractivity contribution >= 4 is 0 Å². The lowest BCUT2D eigenvalue weighted by Gasteiger charge is -2.18. The predicted octanol–water partition coefficient (Wildman–Crippen LogP) is 1.93. The number of hydrogen-bond acceptors (Lipinski definition) is 3. The van der Waals surface area contributed by atoms with Crippen LogP contribution in [0.15, 0.2) is 30.6 Å². The highest BCUT2D eigenvalue weighted by Gasteiger charge is 2.15. The molecule has 0 atom stereocenters. The Morgan fingerprint density at radius 3 is 2.76 bits per heavy atom. The zero-order valence-electron chi connectivity index (χ0n) is 9.28. The molecule has 0 fully saturated rings. The van der Waals surface area contributed by atoms with Gasteiger partial charge in [-0.15, -0.1) is 0 Å². The van der Waals surface area contributed by atoms with Crippen LogP contribution >= 0.6 is 0 Å². The molecular weight excluding hydrogens is 217 g/mol. The van der Waals surface area contributed by atoms with E-state index >= 15 is 0 Å². The highest BCUT2D eigenvalue weighted by molar-refractivity contribution is 5.63. The van der Waals surface area contributed by atoms with Crippen LogP contribution in [0.5, 0.6) is 0 Å². The van der Waals surface area contributed by atoms with Gasteiger partial charge in [0, 0.05) is 30.6 Å². The maximum atomic E-state index is 12.9. The van der Waals surface area contributed by atoms with Gasteiger partial charge < -0.3 is 5.32 Å². The van der Waals surface area contributed by atoms with Crippen molar-refractivity contribution in [1.82, 2.24) is 15.3 Å². The Morgan fingerprint density at radius 1 is 1.12 bits per heavy atom. The van der Waals surface area contributed by atoms with Crippen LogP contribution in [0, 0.1) is 5.82 Å². The zero-order valence-corrected chi connectivity index (χ0v) is 9.28. The Morgan fingerprint density at radius 2 is 1.94 bits per heavy atom. The van der Waals surface area contributed by atoms with Crippen molar-refractivity contribution in [3.8, 4) is 11.3 Å². The SMILES string of the molecule is Fc1ccc(-c2ncnc3c2CNCC3)cc1. The maximum Gasteiger partial charge on any atom is 0.123 e. The molecule has 2 aromatic rings. The minimum Gasteiger partial charge on any atom is -0.312 e. The van der Waals surface area contributed by atoms with Gasteiger partial charge in [-0.2, -0.15) is 0 Å². The third kappa shape index (κ3) is 1.91. The summed E-state index contributed by atoms with van der Waals surface area (Å²) >= 11 is 0. The van der Waals surface area contributed by atoms with Gasteiger partial charge in [-0.25, -0.2) is 14.4 Å². The Balaban J connectivity index is 2.11. The highest BCUT2D eigenvalue weighted by atomic mass is 19.1. The van der Waals surface area contributed by atoms with Crippen LogP contribution < -0.4 is 5.32 Å². The standard InChI is InChI=1S/C13H12FN3/c14-10-3-1-9(2-4-10)13-11-7-15-6-5-12(11)16-8-17-13/h1-4,8,15H,5-7H2. The summed E-state index contributed by atoms with van der Waals surface area (Å²) in [6.07, 6.45) is 2.51. The zero-order chi connectivity index (χ0) is 11.7. The third-order valence-electron chi connectivity index (χ3n) is 2.99. The number of hydrogen-bond donors (Lipinski definition) is 1. The summed E-state index contributed by atoms with van der Waals surface area (Å²) in [7, 11) is 0. The lowest BCUT2D eigenvalue weighted by Crippen LogP contribution is -2.25. The van der Waals surface area contributed by atoms with Gasteiger partial charge in [0.15, 0.2) is 0 Å². The van der Waals surface area contributed by atoms with E-state index in [1.54, 1.807) is 18.5 Å². The van der Waals surface area contributed by atoms with Gasteiger partial charge in [-0.3, -0.25) is 0 Å². The van der Waals surface area contributed by atoms with Crippen LogP contribution in [0.2, 0.25) is 0 Å². The summed E-state index contributed by atoms with van der Waals surface area (Å²) in [4.78, 5) is 8.62. The fourth-order valence-electron chi connectivity index (χ4n) is 2.13. The molecule has 86 valence electrons. The first kappa shape index (κ1) is 10.4. The second-order valence-corrected chi connectivity index (χ2v) is 4.08. The van der Waals surface area contributed by atoms with Crippen LogP contribution in [0.25, 0.3) is 11.3 Å². The van der Waals surface area contributed by atoms with Crippen molar-refractivity contribution in [2.75, 3.05) is 6.54 Å². The van der Waals surface area contributed by atoms with Gasteiger partial charge in [0.1, 0.15) is 12.1 Å². The van der Waals surface area contributed by atoms with E-state index in [1.807, 2.05) is 0 Å². The quantitative estimate of drug-likeness (QED) is 0.812. The Labute approximate surface area is 98.7 Å². The number of fused-ring (bicyclic) bond motifs is 1. The van der Waals surface area contributed by atoms with Crippen molar-refractivity contribution in [3.63, 3.8) is 0 Å². The molecule has 1 aromatic heterocycles. The molecule has 3 nitrogen and oxygen atoms in total. The van der Waals surface area contributed by atoms with E-state index in [-0.39, 0.29) is 5.82 Å². The smallest absolute Gasteiger partial charge is 0.123 e. The summed E-state index contributed by atoms with van der Waals surface area (Å²) in [6.45, 7) is 1.73. The molecule has 1 aromatic carbocycles. The predicted molar refractivity (Wildman–Crippen MR) is 62.8 cm³/mol. The minimum atomic E-state index is -0.227. The van der Waals surface area contributed by atoms with E-state index in [0.717, 1.165) is 42.0 Å². The average molecular weight is 229 g/mol. The molecule has 0 amide bonds. The minimum absolute atomic E-state index is 0.227. The molecule has 3 rings (SSSR count). The summed E-state index contributed by atoms with van der Waals surface area (Å²) in [5, 5.41) is 3.31. The van der Waals surface area contributed by atoms with Gasteiger partial charge >= 0.3 is 0 Å². The third-order valence-corrected chi connectivity index (χ3v) is 2.99. The van der Waals surface area contributed by atoms with Gasteiger partial charge in [-0.1, -0.05) is 0 Å². The monoisotopic (exact) mass is 229 g/mol. The number of halogens is 1. The lowest BCUT2D eigenvalue weighted by atomic mass is 10.0. The second kappa shape index (κ2) is 4.22. The van der Waals surface area contributed by atoms with Crippen molar-refractivity contribution < 1.29 is 4.39 Å². The van der Waals surface area contributed by atoms with Crippen LogP contribution in [0.3, 0.4) is 0 Å². The van der Waals surface area contributed by atoms with E-state index in [4.69, 9.17) is 0 Å². The fraction of sp³-hybridized carbons (Fsp3) is 0.231. The number of benzene rings is 1. The van der Waals surface area contributed by atoms with E-state index in [0.29, 0.717) is 0 Å². The molecular formula is C13H12FN3. The van der Waals surface area contributed by atoms with Gasteiger partial charge in [-0.05, 0) is 24.3 Å². The fourth-order valence-corrected chi connectivity index (χ4v) is 2.13. The Kier molecular flexibility index (Phi) is 2.57. The first-order valence-corrected chi connectivity index (χ1v) is 5.64. The molecule has 0 saturated heterocycles. The normalized spacial score (nSPS) is 14.4. The molecule has 0 radical (unpaired) electrons. The number of nitrogens with zero attached hydrogens (tertiary/aromatic N) is 2. The van der Waals surface area contributed by atoms with E-state index in [2.05, 4.69) is 15.3 Å². The van der Waals surface area contributed by atoms with Gasteiger partial charge in [0.2, 0.25) is 0 Å². The summed E-state index contributed by atoms with van der Waals surface area (Å²) < 4.78 is 12.9. The van der Waals surface area contributed by atoms with Crippen molar-refractivity contribution in [2.45, 2.75) is 13.0 Å². The van der Waals surface area contributed by atoms with E-state index < -0.39 is 0 Å². The van der Waals surface area contributed by atoms with E-state index in [9.17, 15) is 4.39 Å². The molecule has 1 aliphatic heterocycles. The summed E-state index contributed by atoms with van der Waals surface area (Å²) in [5.41, 5.74) is 4.07. The largest absolute Gasteiger partial charge is 0.312 e. The lowest BCUT2D eigenvalue weighted by molar-refractivity contribution is 0.625. The molecule has 2 heterocycles. The van der Waals surface area contributed by atoms with Crippen molar-refractivity contribution in [1.29, 1.82) is 0 Å². The maximum absolute atomic E-state index is 12.9. The number of aromatic nitrogens is 2. The molecule has 0 unspecified atom stereocenters. The van der Waals surface area contributed by atoms with Crippen LogP contribution in [-0.4, -0.2) is 16.5 Å². The van der Waals surface area contributed by atoms with Gasteiger partial charge in [0.25, 0.3) is 0 Å². The molecule has 4 heteroatoms. The van der Waals surface area contributed by atoms with Gasteiger partial charge in [0.05, 0.1) is 11.4 Å². The molecule has 1 aliphatic rings. The highest BCUT2D eigenvalue weighted by Crippen LogP contribution is 2.24. The Hall–Kier alpha value is -1.81. The van der Waals surface area contributed by atoms with Crippen LogP contribution in [0.4, 0.5) is 4.39 Å². The topological polar surface area (TPSA) is 37.8 Å². The number of rotatable bonds is 1. The molecule has 0 aliphatic carbocycles. The van der Waals surface area contributed by atoms with Crippen LogP contribution in [0.1, 0.15) is 11.3 Å². The van der Waals surface area contributed by atoms with Crippen molar-refractivity contribution in [3.05, 3.63) is 47.7 Å². The molecule has 1 N–H and O–H groups in total. The summed E-state index contributed by atoms with van der Waals surface area (Å²) in [5.74, 6) is -0.227.